The minimum atomic E-state index is -0.657. The summed E-state index contributed by atoms with van der Waals surface area (Å²) in [5, 5.41) is 0. The predicted molar refractivity (Wildman–Crippen MR) is 103 cm³/mol. The molecule has 1 aliphatic heterocycles. The molecule has 0 unspecified atom stereocenters. The van der Waals surface area contributed by atoms with Gasteiger partial charge in [-0.2, -0.15) is 0 Å². The second kappa shape index (κ2) is 7.48. The predicted octanol–water partition coefficient (Wildman–Crippen LogP) is 3.48. The van der Waals surface area contributed by atoms with Crippen LogP contribution in [0, 0.1) is 0 Å². The number of nitrogens with zero attached hydrogens (tertiary/aromatic N) is 1. The lowest BCUT2D eigenvalue weighted by molar-refractivity contribution is -0.134. The van der Waals surface area contributed by atoms with Crippen molar-refractivity contribution in [2.75, 3.05) is 6.54 Å². The Bertz CT molecular complexity index is 1020. The Hall–Kier alpha value is -3.73. The SMILES string of the molecule is O=C(CN1C(=O)c2ccccc2C1=O)Oc1ccccc1Cc1ccccc1. The van der Waals surface area contributed by atoms with Gasteiger partial charge in [-0.05, 0) is 29.3 Å². The topological polar surface area (TPSA) is 63.7 Å². The van der Waals surface area contributed by atoms with E-state index < -0.39 is 24.3 Å². The number of imide groups is 1. The molecule has 0 bridgehead atoms. The average Bonchev–Trinajstić information content (AvgIpc) is 2.95. The lowest BCUT2D eigenvalue weighted by atomic mass is 10.0. The summed E-state index contributed by atoms with van der Waals surface area (Å²) in [4.78, 5) is 38.2. The number of para-hydroxylation sites is 1. The number of benzene rings is 3. The molecule has 0 atom stereocenters. The van der Waals surface area contributed by atoms with Crippen LogP contribution in [0.4, 0.5) is 0 Å². The molecule has 0 aromatic heterocycles. The lowest BCUT2D eigenvalue weighted by Gasteiger charge is -2.14. The van der Waals surface area contributed by atoms with Crippen LogP contribution in [0.5, 0.6) is 5.75 Å². The van der Waals surface area contributed by atoms with E-state index in [4.69, 9.17) is 4.74 Å². The van der Waals surface area contributed by atoms with Gasteiger partial charge in [-0.25, -0.2) is 4.79 Å². The second-order valence-corrected chi connectivity index (χ2v) is 6.49. The fraction of sp³-hybridized carbons (Fsp3) is 0.0870. The van der Waals surface area contributed by atoms with E-state index in [1.165, 1.54) is 0 Å². The van der Waals surface area contributed by atoms with Gasteiger partial charge in [-0.1, -0.05) is 60.7 Å². The van der Waals surface area contributed by atoms with Crippen molar-refractivity contribution in [1.29, 1.82) is 0 Å². The number of ether oxygens (including phenoxy) is 1. The number of carbonyl (C=O) groups is 3. The Balaban J connectivity index is 1.48. The van der Waals surface area contributed by atoms with Crippen molar-refractivity contribution in [3.05, 3.63) is 101 Å². The summed E-state index contributed by atoms with van der Waals surface area (Å²) in [7, 11) is 0. The van der Waals surface area contributed by atoms with Gasteiger partial charge in [0.15, 0.2) is 0 Å². The van der Waals surface area contributed by atoms with E-state index in [1.54, 1.807) is 36.4 Å². The van der Waals surface area contributed by atoms with E-state index >= 15 is 0 Å². The molecule has 4 rings (SSSR count). The molecule has 0 N–H and O–H groups in total. The molecule has 3 aromatic carbocycles. The minimum Gasteiger partial charge on any atom is -0.425 e. The van der Waals surface area contributed by atoms with Crippen molar-refractivity contribution < 1.29 is 19.1 Å². The summed E-state index contributed by atoms with van der Waals surface area (Å²) in [6.07, 6.45) is 0.608. The maximum absolute atomic E-state index is 12.4. The molecule has 28 heavy (non-hydrogen) atoms. The van der Waals surface area contributed by atoms with E-state index in [0.29, 0.717) is 23.3 Å². The largest absolute Gasteiger partial charge is 0.425 e. The number of amides is 2. The molecule has 0 spiro atoms. The van der Waals surface area contributed by atoms with Crippen molar-refractivity contribution in [2.24, 2.45) is 0 Å². The molecule has 0 saturated carbocycles. The van der Waals surface area contributed by atoms with Gasteiger partial charge < -0.3 is 4.74 Å². The van der Waals surface area contributed by atoms with E-state index in [1.807, 2.05) is 42.5 Å². The number of rotatable bonds is 5. The van der Waals surface area contributed by atoms with Crippen molar-refractivity contribution in [3.8, 4) is 5.75 Å². The third-order valence-corrected chi connectivity index (χ3v) is 4.60. The number of fused-ring (bicyclic) bond motifs is 1. The summed E-state index contributed by atoms with van der Waals surface area (Å²) in [6.45, 7) is -0.425. The van der Waals surface area contributed by atoms with Crippen molar-refractivity contribution >= 4 is 17.8 Å². The molecule has 2 amide bonds. The molecule has 3 aromatic rings. The molecule has 5 heteroatoms. The number of esters is 1. The average molecular weight is 371 g/mol. The van der Waals surface area contributed by atoms with Crippen LogP contribution in [-0.4, -0.2) is 29.2 Å². The van der Waals surface area contributed by atoms with Gasteiger partial charge in [0.2, 0.25) is 0 Å². The van der Waals surface area contributed by atoms with Crippen LogP contribution in [0.25, 0.3) is 0 Å². The van der Waals surface area contributed by atoms with Crippen LogP contribution < -0.4 is 4.74 Å². The van der Waals surface area contributed by atoms with Gasteiger partial charge in [-0.15, -0.1) is 0 Å². The first-order valence-electron chi connectivity index (χ1n) is 8.91. The summed E-state index contributed by atoms with van der Waals surface area (Å²) in [5.74, 6) is -1.19. The zero-order chi connectivity index (χ0) is 19.5. The zero-order valence-electron chi connectivity index (χ0n) is 15.0. The maximum atomic E-state index is 12.4. The van der Waals surface area contributed by atoms with Gasteiger partial charge in [-0.3, -0.25) is 14.5 Å². The first-order chi connectivity index (χ1) is 13.6. The van der Waals surface area contributed by atoms with Crippen molar-refractivity contribution in [1.82, 2.24) is 4.90 Å². The number of hydrogen-bond donors (Lipinski definition) is 0. The number of hydrogen-bond acceptors (Lipinski definition) is 4. The Morgan fingerprint density at radius 1 is 0.750 bits per heavy atom. The molecule has 0 fully saturated rings. The molecular weight excluding hydrogens is 354 g/mol. The smallest absolute Gasteiger partial charge is 0.331 e. The van der Waals surface area contributed by atoms with Gasteiger partial charge >= 0.3 is 5.97 Å². The zero-order valence-corrected chi connectivity index (χ0v) is 15.0. The van der Waals surface area contributed by atoms with Gasteiger partial charge in [0.05, 0.1) is 11.1 Å². The maximum Gasteiger partial charge on any atom is 0.331 e. The van der Waals surface area contributed by atoms with E-state index in [9.17, 15) is 14.4 Å². The van der Waals surface area contributed by atoms with Crippen LogP contribution in [-0.2, 0) is 11.2 Å². The highest BCUT2D eigenvalue weighted by Crippen LogP contribution is 2.24. The summed E-state index contributed by atoms with van der Waals surface area (Å²) >= 11 is 0. The fourth-order valence-corrected chi connectivity index (χ4v) is 3.23. The third kappa shape index (κ3) is 3.42. The summed E-state index contributed by atoms with van der Waals surface area (Å²) in [5.41, 5.74) is 2.56. The molecule has 0 radical (unpaired) electrons. The lowest BCUT2D eigenvalue weighted by Crippen LogP contribution is -2.36. The molecule has 0 saturated heterocycles. The van der Waals surface area contributed by atoms with Crippen LogP contribution in [0.2, 0.25) is 0 Å². The normalized spacial score (nSPS) is 12.8. The van der Waals surface area contributed by atoms with Crippen LogP contribution in [0.3, 0.4) is 0 Å². The standard InChI is InChI=1S/C23H17NO4/c25-21(15-24-22(26)18-11-5-6-12-19(18)23(24)27)28-20-13-7-4-10-17(20)14-16-8-2-1-3-9-16/h1-13H,14-15H2. The molecule has 5 nitrogen and oxygen atoms in total. The first kappa shape index (κ1) is 17.7. The fourth-order valence-electron chi connectivity index (χ4n) is 3.23. The van der Waals surface area contributed by atoms with E-state index in [0.717, 1.165) is 16.0 Å². The van der Waals surface area contributed by atoms with Crippen molar-refractivity contribution in [3.63, 3.8) is 0 Å². The second-order valence-electron chi connectivity index (χ2n) is 6.49. The Labute approximate surface area is 162 Å². The molecular formula is C23H17NO4. The van der Waals surface area contributed by atoms with E-state index in [2.05, 4.69) is 0 Å². The summed E-state index contributed by atoms with van der Waals surface area (Å²) < 4.78 is 5.49. The summed E-state index contributed by atoms with van der Waals surface area (Å²) in [6, 6.07) is 23.6. The Kier molecular flexibility index (Phi) is 4.72. The molecule has 0 aliphatic carbocycles. The minimum absolute atomic E-state index is 0.310. The Morgan fingerprint density at radius 3 is 2.00 bits per heavy atom. The van der Waals surface area contributed by atoms with E-state index in [-0.39, 0.29) is 0 Å². The van der Waals surface area contributed by atoms with Gasteiger partial charge in [0, 0.05) is 6.42 Å². The molecule has 1 heterocycles. The molecule has 138 valence electrons. The highest BCUT2D eigenvalue weighted by Gasteiger charge is 2.36. The first-order valence-corrected chi connectivity index (χ1v) is 8.91. The monoisotopic (exact) mass is 371 g/mol. The van der Waals surface area contributed by atoms with Crippen molar-refractivity contribution in [2.45, 2.75) is 6.42 Å². The Morgan fingerprint density at radius 2 is 1.32 bits per heavy atom. The van der Waals surface area contributed by atoms with Gasteiger partial charge in [0.25, 0.3) is 11.8 Å². The molecule has 1 aliphatic rings. The van der Waals surface area contributed by atoms with Crippen LogP contribution in [0.15, 0.2) is 78.9 Å². The van der Waals surface area contributed by atoms with Crippen LogP contribution in [0.1, 0.15) is 31.8 Å². The van der Waals surface area contributed by atoms with Gasteiger partial charge in [0.1, 0.15) is 12.3 Å². The quantitative estimate of drug-likeness (QED) is 0.391. The highest BCUT2D eigenvalue weighted by atomic mass is 16.5. The van der Waals surface area contributed by atoms with Crippen LogP contribution >= 0.6 is 0 Å². The number of carbonyl (C=O) groups excluding carboxylic acids is 3. The highest BCUT2D eigenvalue weighted by molar-refractivity contribution is 6.22. The third-order valence-electron chi connectivity index (χ3n) is 4.60.